The van der Waals surface area contributed by atoms with Crippen LogP contribution in [0, 0.1) is 17.6 Å². The van der Waals surface area contributed by atoms with E-state index in [2.05, 4.69) is 18.8 Å². The first-order valence-electron chi connectivity index (χ1n) is 9.11. The Morgan fingerprint density at radius 2 is 1.81 bits per heavy atom. The summed E-state index contributed by atoms with van der Waals surface area (Å²) in [5.41, 5.74) is 7.61. The van der Waals surface area contributed by atoms with Crippen LogP contribution in [0.4, 0.5) is 14.5 Å². The Morgan fingerprint density at radius 3 is 2.35 bits per heavy atom. The van der Waals surface area contributed by atoms with Gasteiger partial charge in [-0.3, -0.25) is 4.99 Å². The van der Waals surface area contributed by atoms with E-state index in [1.54, 1.807) is 25.2 Å². The largest absolute Gasteiger partial charge is 0.396 e. The fraction of sp³-hybridized carbons (Fsp3) is 0.409. The molecule has 1 rings (SSSR count). The summed E-state index contributed by atoms with van der Waals surface area (Å²) >= 11 is 0. The predicted molar refractivity (Wildman–Crippen MR) is 111 cm³/mol. The van der Waals surface area contributed by atoms with Gasteiger partial charge in [0.2, 0.25) is 0 Å². The van der Waals surface area contributed by atoms with Gasteiger partial charge in [-0.2, -0.15) is 0 Å². The minimum atomic E-state index is -0.735. The Labute approximate surface area is 157 Å². The van der Waals surface area contributed by atoms with Gasteiger partial charge in [0.05, 0.1) is 11.3 Å². The molecule has 144 valence electrons. The maximum atomic E-state index is 14.2. The fourth-order valence-corrected chi connectivity index (χ4v) is 1.94. The Hall–Kier alpha value is -2.23. The first kappa shape index (κ1) is 23.8. The number of aliphatic imine (C=N–C) groups is 1. The van der Waals surface area contributed by atoms with Crippen LogP contribution in [0.15, 0.2) is 46.6 Å². The van der Waals surface area contributed by atoms with Gasteiger partial charge in [-0.15, -0.1) is 0 Å². The monoisotopic (exact) mass is 362 g/mol. The number of nitrogens with zero attached hydrogens (tertiary/aromatic N) is 1. The van der Waals surface area contributed by atoms with Gasteiger partial charge in [0.15, 0.2) is 5.82 Å². The second-order valence-electron chi connectivity index (χ2n) is 5.84. The minimum Gasteiger partial charge on any atom is -0.396 e. The molecule has 0 spiro atoms. The van der Waals surface area contributed by atoms with Crippen LogP contribution >= 0.6 is 0 Å². The Morgan fingerprint density at radius 1 is 1.19 bits per heavy atom. The molecular weight excluding hydrogens is 330 g/mol. The highest BCUT2D eigenvalue weighted by Gasteiger charge is 2.14. The third-order valence-electron chi connectivity index (χ3n) is 3.97. The number of rotatable bonds is 6. The van der Waals surface area contributed by atoms with Gasteiger partial charge in [0, 0.05) is 11.9 Å². The molecule has 1 atom stereocenters. The summed E-state index contributed by atoms with van der Waals surface area (Å²) in [6.07, 6.45) is 8.09. The lowest BCUT2D eigenvalue weighted by Crippen LogP contribution is -1.99. The molecule has 1 unspecified atom stereocenters. The van der Waals surface area contributed by atoms with Crippen molar-refractivity contribution >= 4 is 17.5 Å². The van der Waals surface area contributed by atoms with E-state index in [1.807, 2.05) is 33.9 Å². The van der Waals surface area contributed by atoms with Gasteiger partial charge < -0.3 is 5.73 Å². The van der Waals surface area contributed by atoms with Crippen molar-refractivity contribution < 1.29 is 8.78 Å². The van der Waals surface area contributed by atoms with Gasteiger partial charge in [-0.1, -0.05) is 45.9 Å². The normalized spacial score (nSPS) is 14.3. The van der Waals surface area contributed by atoms with E-state index >= 15 is 0 Å². The Bertz CT molecular complexity index is 698. The van der Waals surface area contributed by atoms with Crippen molar-refractivity contribution in [3.63, 3.8) is 0 Å². The topological polar surface area (TPSA) is 38.4 Å². The third kappa shape index (κ3) is 6.95. The third-order valence-corrected chi connectivity index (χ3v) is 3.97. The van der Waals surface area contributed by atoms with Crippen molar-refractivity contribution in [3.05, 3.63) is 58.8 Å². The number of halogens is 2. The van der Waals surface area contributed by atoms with Gasteiger partial charge >= 0.3 is 0 Å². The summed E-state index contributed by atoms with van der Waals surface area (Å²) < 4.78 is 28.1. The average molecular weight is 363 g/mol. The Balaban J connectivity index is 0.00000301. The molecule has 0 bridgehead atoms. The van der Waals surface area contributed by atoms with Crippen molar-refractivity contribution in [1.29, 1.82) is 0 Å². The lowest BCUT2D eigenvalue weighted by molar-refractivity contribution is 0.580. The molecule has 0 fully saturated rings. The second-order valence-corrected chi connectivity index (χ2v) is 5.84. The number of hydrogen-bond donors (Lipinski definition) is 1. The fourth-order valence-electron chi connectivity index (χ4n) is 1.94. The first-order chi connectivity index (χ1) is 12.3. The van der Waals surface area contributed by atoms with Crippen LogP contribution in [0.1, 0.15) is 60.5 Å². The highest BCUT2D eigenvalue weighted by atomic mass is 19.1. The lowest BCUT2D eigenvalue weighted by atomic mass is 10.0. The highest BCUT2D eigenvalue weighted by Crippen LogP contribution is 2.27. The van der Waals surface area contributed by atoms with E-state index in [4.69, 9.17) is 5.73 Å². The zero-order valence-corrected chi connectivity index (χ0v) is 17.0. The molecule has 0 amide bonds. The van der Waals surface area contributed by atoms with Crippen molar-refractivity contribution in [3.8, 4) is 0 Å². The molecule has 2 N–H and O–H groups in total. The van der Waals surface area contributed by atoms with E-state index in [-0.39, 0.29) is 11.3 Å². The molecule has 0 aliphatic rings. The standard InChI is InChI=1S/C20H26F2N2.C2H6/c1-6-13(3)12-24-15(5)14(4)8-9-16(7-2)19-17(21)10-11-18(23)20(19)22;1-2/h7-13H,6,23H2,1-5H3;1-2H3/b9-8-,15-14+,16-7+,24-12?;. The van der Waals surface area contributed by atoms with Crippen molar-refractivity contribution in [2.75, 3.05) is 5.73 Å². The van der Waals surface area contributed by atoms with Gasteiger partial charge in [-0.25, -0.2) is 8.78 Å². The molecule has 0 aliphatic carbocycles. The second kappa shape index (κ2) is 12.2. The Kier molecular flexibility index (Phi) is 11.1. The minimum absolute atomic E-state index is 0.0688. The van der Waals surface area contributed by atoms with E-state index in [0.29, 0.717) is 11.5 Å². The molecule has 4 heteroatoms. The van der Waals surface area contributed by atoms with Crippen LogP contribution in [0.5, 0.6) is 0 Å². The molecule has 1 aromatic rings. The number of benzene rings is 1. The molecule has 0 aliphatic heterocycles. The molecule has 0 heterocycles. The van der Waals surface area contributed by atoms with Crippen LogP contribution < -0.4 is 5.73 Å². The molecule has 0 aromatic heterocycles. The lowest BCUT2D eigenvalue weighted by Gasteiger charge is -2.08. The maximum Gasteiger partial charge on any atom is 0.156 e. The zero-order valence-electron chi connectivity index (χ0n) is 17.0. The van der Waals surface area contributed by atoms with Crippen molar-refractivity contribution in [2.45, 2.75) is 54.9 Å². The summed E-state index contributed by atoms with van der Waals surface area (Å²) in [4.78, 5) is 4.44. The average Bonchev–Trinajstić information content (AvgIpc) is 2.66. The molecule has 0 radical (unpaired) electrons. The highest BCUT2D eigenvalue weighted by molar-refractivity contribution is 5.77. The summed E-state index contributed by atoms with van der Waals surface area (Å²) in [6.45, 7) is 13.8. The van der Waals surface area contributed by atoms with Crippen molar-refractivity contribution in [1.82, 2.24) is 0 Å². The SMILES string of the molecule is CC.C\C=C(/C=C\C(C)=C(/C)N=CC(C)CC)c1c(F)ccc(N)c1F. The van der Waals surface area contributed by atoms with E-state index in [1.165, 1.54) is 12.1 Å². The summed E-state index contributed by atoms with van der Waals surface area (Å²) in [6, 6.07) is 2.40. The van der Waals surface area contributed by atoms with Crippen molar-refractivity contribution in [2.24, 2.45) is 10.9 Å². The smallest absolute Gasteiger partial charge is 0.156 e. The summed E-state index contributed by atoms with van der Waals surface area (Å²) in [7, 11) is 0. The van der Waals surface area contributed by atoms with E-state index in [0.717, 1.165) is 17.7 Å². The molecular formula is C22H32F2N2. The summed E-state index contributed by atoms with van der Waals surface area (Å²) in [5.74, 6) is -0.952. The number of nitrogens with two attached hydrogens (primary N) is 1. The van der Waals surface area contributed by atoms with Gasteiger partial charge in [0.25, 0.3) is 0 Å². The number of hydrogen-bond acceptors (Lipinski definition) is 2. The first-order valence-corrected chi connectivity index (χ1v) is 9.11. The van der Waals surface area contributed by atoms with Crippen LogP contribution in [0.25, 0.3) is 5.57 Å². The number of nitrogen functional groups attached to an aromatic ring is 1. The maximum absolute atomic E-state index is 14.2. The zero-order chi connectivity index (χ0) is 20.3. The van der Waals surface area contributed by atoms with Gasteiger partial charge in [-0.05, 0) is 56.4 Å². The summed E-state index contributed by atoms with van der Waals surface area (Å²) in [5, 5.41) is 0. The predicted octanol–water partition coefficient (Wildman–Crippen LogP) is 6.94. The molecule has 2 nitrogen and oxygen atoms in total. The van der Waals surface area contributed by atoms with E-state index in [9.17, 15) is 8.78 Å². The number of anilines is 1. The quantitative estimate of drug-likeness (QED) is 0.332. The molecule has 1 aromatic carbocycles. The number of allylic oxidation sites excluding steroid dienone is 6. The van der Waals surface area contributed by atoms with Crippen LogP contribution in [-0.2, 0) is 0 Å². The van der Waals surface area contributed by atoms with Crippen LogP contribution in [-0.4, -0.2) is 6.21 Å². The molecule has 26 heavy (non-hydrogen) atoms. The molecule has 0 saturated carbocycles. The van der Waals surface area contributed by atoms with E-state index < -0.39 is 11.6 Å². The van der Waals surface area contributed by atoms with Gasteiger partial charge in [0.1, 0.15) is 5.82 Å². The van der Waals surface area contributed by atoms with Crippen LogP contribution in [0.2, 0.25) is 0 Å². The van der Waals surface area contributed by atoms with Crippen LogP contribution in [0.3, 0.4) is 0 Å². The molecule has 0 saturated heterocycles.